The van der Waals surface area contributed by atoms with Crippen LogP contribution in [0, 0.1) is 12.3 Å². The van der Waals surface area contributed by atoms with Crippen LogP contribution in [0.5, 0.6) is 0 Å². The predicted molar refractivity (Wildman–Crippen MR) is 67.2 cm³/mol. The molecule has 16 heavy (non-hydrogen) atoms. The Bertz CT molecular complexity index is 312. The summed E-state index contributed by atoms with van der Waals surface area (Å²) in [6.45, 7) is 10.2. The van der Waals surface area contributed by atoms with Crippen LogP contribution < -0.4 is 11.1 Å². The lowest BCUT2D eigenvalue weighted by atomic mass is 9.85. The van der Waals surface area contributed by atoms with Crippen molar-refractivity contribution >= 4 is 0 Å². The molecule has 3 N–H and O–H groups in total. The molecule has 0 spiro atoms. The summed E-state index contributed by atoms with van der Waals surface area (Å²) < 4.78 is 5.46. The Morgan fingerprint density at radius 3 is 2.56 bits per heavy atom. The minimum Gasteiger partial charge on any atom is -0.465 e. The summed E-state index contributed by atoms with van der Waals surface area (Å²) in [5.41, 5.74) is 6.25. The Kier molecular flexibility index (Phi) is 4.56. The van der Waals surface area contributed by atoms with Gasteiger partial charge in [0.2, 0.25) is 0 Å². The fourth-order valence-corrected chi connectivity index (χ4v) is 1.48. The topological polar surface area (TPSA) is 51.2 Å². The van der Waals surface area contributed by atoms with Gasteiger partial charge in [0.25, 0.3) is 0 Å². The number of nitrogens with two attached hydrogens (primary N) is 1. The summed E-state index contributed by atoms with van der Waals surface area (Å²) in [5.74, 6) is 1.95. The van der Waals surface area contributed by atoms with Crippen molar-refractivity contribution in [1.29, 1.82) is 0 Å². The molecular weight excluding hydrogens is 200 g/mol. The zero-order valence-electron chi connectivity index (χ0n) is 10.8. The average Bonchev–Trinajstić information content (AvgIpc) is 2.57. The Morgan fingerprint density at radius 2 is 2.06 bits per heavy atom. The molecule has 3 heteroatoms. The van der Waals surface area contributed by atoms with E-state index in [1.165, 1.54) is 0 Å². The van der Waals surface area contributed by atoms with Crippen molar-refractivity contribution in [1.82, 2.24) is 5.32 Å². The Hall–Kier alpha value is -0.800. The van der Waals surface area contributed by atoms with Gasteiger partial charge in [0.05, 0.1) is 6.54 Å². The highest BCUT2D eigenvalue weighted by Gasteiger charge is 2.19. The molecule has 1 aromatic heterocycles. The van der Waals surface area contributed by atoms with Crippen molar-refractivity contribution in [2.45, 2.75) is 46.7 Å². The first-order valence-corrected chi connectivity index (χ1v) is 5.91. The van der Waals surface area contributed by atoms with E-state index in [2.05, 4.69) is 26.1 Å². The predicted octanol–water partition coefficient (Wildman–Crippen LogP) is 2.44. The van der Waals surface area contributed by atoms with E-state index in [-0.39, 0.29) is 11.5 Å². The highest BCUT2D eigenvalue weighted by molar-refractivity contribution is 5.05. The molecule has 1 heterocycles. The molecule has 0 aliphatic rings. The standard InChI is InChI=1S/C13H24N2O/c1-10-5-6-11(16-10)9-15-8-7-12(14)13(2,3)4/h5-6,12,15H,7-9,14H2,1-4H3. The van der Waals surface area contributed by atoms with Crippen LogP contribution in [0.25, 0.3) is 0 Å². The fraction of sp³-hybridized carbons (Fsp3) is 0.692. The van der Waals surface area contributed by atoms with E-state index in [0.29, 0.717) is 0 Å². The van der Waals surface area contributed by atoms with E-state index in [9.17, 15) is 0 Å². The molecule has 0 saturated heterocycles. The third kappa shape index (κ3) is 4.37. The fourth-order valence-electron chi connectivity index (χ4n) is 1.48. The minimum absolute atomic E-state index is 0.183. The van der Waals surface area contributed by atoms with Gasteiger partial charge < -0.3 is 15.5 Å². The van der Waals surface area contributed by atoms with Gasteiger partial charge in [0.15, 0.2) is 0 Å². The third-order valence-corrected chi connectivity index (χ3v) is 2.84. The highest BCUT2D eigenvalue weighted by atomic mass is 16.3. The molecule has 0 bridgehead atoms. The molecule has 0 fully saturated rings. The van der Waals surface area contributed by atoms with Crippen LogP contribution in [0.15, 0.2) is 16.5 Å². The largest absolute Gasteiger partial charge is 0.465 e. The van der Waals surface area contributed by atoms with Gasteiger partial charge in [0, 0.05) is 6.04 Å². The summed E-state index contributed by atoms with van der Waals surface area (Å²) in [7, 11) is 0. The zero-order valence-corrected chi connectivity index (χ0v) is 10.8. The first kappa shape index (κ1) is 13.3. The van der Waals surface area contributed by atoms with E-state index in [4.69, 9.17) is 10.2 Å². The Morgan fingerprint density at radius 1 is 1.38 bits per heavy atom. The zero-order chi connectivity index (χ0) is 12.2. The van der Waals surface area contributed by atoms with Crippen LogP contribution in [-0.2, 0) is 6.54 Å². The first-order chi connectivity index (χ1) is 7.39. The van der Waals surface area contributed by atoms with Crippen molar-refractivity contribution < 1.29 is 4.42 Å². The van der Waals surface area contributed by atoms with Crippen LogP contribution in [0.1, 0.15) is 38.7 Å². The van der Waals surface area contributed by atoms with Crippen molar-refractivity contribution in [3.8, 4) is 0 Å². The molecule has 0 saturated carbocycles. The second-order valence-corrected chi connectivity index (χ2v) is 5.45. The summed E-state index contributed by atoms with van der Waals surface area (Å²) in [6, 6.07) is 4.22. The number of aryl methyl sites for hydroxylation is 1. The van der Waals surface area contributed by atoms with Gasteiger partial charge in [-0.25, -0.2) is 0 Å². The third-order valence-electron chi connectivity index (χ3n) is 2.84. The average molecular weight is 224 g/mol. The van der Waals surface area contributed by atoms with Crippen molar-refractivity contribution in [3.63, 3.8) is 0 Å². The molecule has 1 atom stereocenters. The van der Waals surface area contributed by atoms with Crippen LogP contribution in [-0.4, -0.2) is 12.6 Å². The number of rotatable bonds is 5. The van der Waals surface area contributed by atoms with Crippen molar-refractivity contribution in [2.24, 2.45) is 11.1 Å². The van der Waals surface area contributed by atoms with Crippen LogP contribution in [0.4, 0.5) is 0 Å². The van der Waals surface area contributed by atoms with Gasteiger partial charge in [-0.3, -0.25) is 0 Å². The van der Waals surface area contributed by atoms with Gasteiger partial charge in [0.1, 0.15) is 11.5 Å². The van der Waals surface area contributed by atoms with E-state index in [1.807, 2.05) is 19.1 Å². The van der Waals surface area contributed by atoms with Gasteiger partial charge in [-0.1, -0.05) is 20.8 Å². The second-order valence-electron chi connectivity index (χ2n) is 5.45. The molecule has 1 rings (SSSR count). The number of furan rings is 1. The quantitative estimate of drug-likeness (QED) is 0.755. The SMILES string of the molecule is Cc1ccc(CNCCC(N)C(C)(C)C)o1. The molecule has 1 aromatic rings. The molecule has 0 aliphatic carbocycles. The summed E-state index contributed by atoms with van der Waals surface area (Å²) in [5, 5.41) is 3.34. The molecule has 92 valence electrons. The Labute approximate surface area is 98.4 Å². The van der Waals surface area contributed by atoms with E-state index in [1.54, 1.807) is 0 Å². The molecule has 0 aliphatic heterocycles. The normalized spacial score (nSPS) is 14.1. The van der Waals surface area contributed by atoms with E-state index in [0.717, 1.165) is 31.0 Å². The maximum Gasteiger partial charge on any atom is 0.117 e. The molecule has 0 aromatic carbocycles. The lowest BCUT2D eigenvalue weighted by Crippen LogP contribution is -2.37. The monoisotopic (exact) mass is 224 g/mol. The molecule has 3 nitrogen and oxygen atoms in total. The van der Waals surface area contributed by atoms with Crippen molar-refractivity contribution in [2.75, 3.05) is 6.54 Å². The molecular formula is C13H24N2O. The summed E-state index contributed by atoms with van der Waals surface area (Å²) >= 11 is 0. The number of nitrogens with one attached hydrogen (secondary N) is 1. The maximum absolute atomic E-state index is 6.07. The smallest absolute Gasteiger partial charge is 0.117 e. The summed E-state index contributed by atoms with van der Waals surface area (Å²) in [6.07, 6.45) is 0.989. The number of hydrogen-bond acceptors (Lipinski definition) is 3. The van der Waals surface area contributed by atoms with Crippen molar-refractivity contribution in [3.05, 3.63) is 23.7 Å². The van der Waals surface area contributed by atoms with Crippen LogP contribution >= 0.6 is 0 Å². The van der Waals surface area contributed by atoms with E-state index >= 15 is 0 Å². The van der Waals surface area contributed by atoms with E-state index < -0.39 is 0 Å². The lowest BCUT2D eigenvalue weighted by Gasteiger charge is -2.26. The van der Waals surface area contributed by atoms with Gasteiger partial charge >= 0.3 is 0 Å². The first-order valence-electron chi connectivity index (χ1n) is 5.91. The Balaban J connectivity index is 2.17. The van der Waals surface area contributed by atoms with Crippen LogP contribution in [0.2, 0.25) is 0 Å². The second kappa shape index (κ2) is 5.51. The maximum atomic E-state index is 6.07. The highest BCUT2D eigenvalue weighted by Crippen LogP contribution is 2.19. The molecule has 0 amide bonds. The minimum atomic E-state index is 0.183. The number of hydrogen-bond donors (Lipinski definition) is 2. The molecule has 1 unspecified atom stereocenters. The van der Waals surface area contributed by atoms with Gasteiger partial charge in [-0.05, 0) is 37.4 Å². The lowest BCUT2D eigenvalue weighted by molar-refractivity contribution is 0.301. The van der Waals surface area contributed by atoms with Gasteiger partial charge in [-0.2, -0.15) is 0 Å². The summed E-state index contributed by atoms with van der Waals surface area (Å²) in [4.78, 5) is 0. The van der Waals surface area contributed by atoms with Gasteiger partial charge in [-0.15, -0.1) is 0 Å². The van der Waals surface area contributed by atoms with Crippen LogP contribution in [0.3, 0.4) is 0 Å². The molecule has 0 radical (unpaired) electrons.